The highest BCUT2D eigenvalue weighted by Gasteiger charge is 2.10. The largest absolute Gasteiger partial charge is 0.266 e. The van der Waals surface area contributed by atoms with Crippen LogP contribution in [0.25, 0.3) is 16.9 Å². The molecule has 2 heterocycles. The van der Waals surface area contributed by atoms with Crippen molar-refractivity contribution in [3.05, 3.63) is 48.8 Å². The van der Waals surface area contributed by atoms with Crippen molar-refractivity contribution in [3.63, 3.8) is 0 Å². The van der Waals surface area contributed by atoms with Crippen molar-refractivity contribution in [2.75, 3.05) is 5.75 Å². The van der Waals surface area contributed by atoms with Crippen LogP contribution < -0.4 is 0 Å². The van der Waals surface area contributed by atoms with E-state index in [-0.39, 0.29) is 0 Å². The monoisotopic (exact) mass is 243 g/mol. The number of aromatic nitrogens is 3. The molecule has 0 amide bonds. The lowest BCUT2D eigenvalue weighted by Gasteiger charge is -2.06. The molecule has 0 saturated heterocycles. The van der Waals surface area contributed by atoms with Crippen LogP contribution >= 0.6 is 11.9 Å². The van der Waals surface area contributed by atoms with Crippen LogP contribution in [-0.4, -0.2) is 19.3 Å². The summed E-state index contributed by atoms with van der Waals surface area (Å²) in [6.07, 6.45) is 3.91. The van der Waals surface area contributed by atoms with E-state index in [1.54, 1.807) is 11.9 Å². The number of benzene rings is 1. The van der Waals surface area contributed by atoms with Crippen molar-refractivity contribution >= 4 is 17.6 Å². The van der Waals surface area contributed by atoms with Gasteiger partial charge < -0.3 is 0 Å². The van der Waals surface area contributed by atoms with Gasteiger partial charge in [0.15, 0.2) is 0 Å². The highest BCUT2D eigenvalue weighted by molar-refractivity contribution is 7.98. The lowest BCUT2D eigenvalue weighted by molar-refractivity contribution is 0.972. The van der Waals surface area contributed by atoms with Crippen LogP contribution in [0.3, 0.4) is 0 Å². The van der Waals surface area contributed by atoms with E-state index in [1.807, 2.05) is 22.8 Å². The van der Waals surface area contributed by atoms with Gasteiger partial charge in [-0.2, -0.15) is 5.10 Å². The number of nitrogens with zero attached hydrogens (tertiary/aromatic N) is 3. The summed E-state index contributed by atoms with van der Waals surface area (Å²) in [6.45, 7) is 2.16. The molecule has 3 rings (SSSR count). The zero-order valence-corrected chi connectivity index (χ0v) is 10.4. The molecule has 0 aliphatic carbocycles. The third kappa shape index (κ3) is 1.74. The third-order valence-electron chi connectivity index (χ3n) is 2.65. The summed E-state index contributed by atoms with van der Waals surface area (Å²) < 4.78 is 4.16. The smallest absolute Gasteiger partial charge is 0.146 e. The van der Waals surface area contributed by atoms with E-state index in [0.29, 0.717) is 0 Å². The van der Waals surface area contributed by atoms with E-state index in [1.165, 1.54) is 11.3 Å². The van der Waals surface area contributed by atoms with Crippen molar-refractivity contribution in [1.29, 1.82) is 0 Å². The molecule has 1 aromatic carbocycles. The Morgan fingerprint density at radius 2 is 2.00 bits per heavy atom. The molecule has 0 unspecified atom stereocenters. The molecule has 3 aromatic rings. The van der Waals surface area contributed by atoms with E-state index in [2.05, 4.69) is 46.5 Å². The van der Waals surface area contributed by atoms with Crippen molar-refractivity contribution in [2.45, 2.75) is 6.92 Å². The zero-order valence-electron chi connectivity index (χ0n) is 9.58. The summed E-state index contributed by atoms with van der Waals surface area (Å²) in [5, 5.41) is 4.29. The van der Waals surface area contributed by atoms with Gasteiger partial charge in [-0.05, 0) is 11.9 Å². The molecule has 0 radical (unpaired) electrons. The maximum Gasteiger partial charge on any atom is 0.146 e. The number of rotatable bonds is 3. The average Bonchev–Trinajstić information content (AvgIpc) is 2.93. The first kappa shape index (κ1) is 10.5. The Hall–Kier alpha value is -1.68. The average molecular weight is 243 g/mol. The normalized spacial score (nSPS) is 11.1. The number of hydrogen-bond acceptors (Lipinski definition) is 2. The molecule has 0 aliphatic heterocycles. The zero-order chi connectivity index (χ0) is 11.7. The molecule has 17 heavy (non-hydrogen) atoms. The fourth-order valence-corrected chi connectivity index (χ4v) is 2.75. The maximum atomic E-state index is 4.29. The molecule has 0 saturated carbocycles. The second kappa shape index (κ2) is 4.30. The van der Waals surface area contributed by atoms with Crippen LogP contribution in [-0.2, 0) is 0 Å². The summed E-state index contributed by atoms with van der Waals surface area (Å²) >= 11 is 1.79. The predicted molar refractivity (Wildman–Crippen MR) is 72.1 cm³/mol. The molecule has 0 spiro atoms. The van der Waals surface area contributed by atoms with Crippen molar-refractivity contribution in [3.8, 4) is 11.3 Å². The van der Waals surface area contributed by atoms with Crippen LogP contribution in [0, 0.1) is 0 Å². The van der Waals surface area contributed by atoms with E-state index in [9.17, 15) is 0 Å². The molecule has 86 valence electrons. The van der Waals surface area contributed by atoms with Gasteiger partial charge in [0, 0.05) is 17.4 Å². The Labute approximate surface area is 104 Å². The van der Waals surface area contributed by atoms with Crippen LogP contribution in [0.5, 0.6) is 0 Å². The summed E-state index contributed by atoms with van der Waals surface area (Å²) in [5.74, 6) is 1.04. The minimum absolute atomic E-state index is 1.04. The highest BCUT2D eigenvalue weighted by atomic mass is 32.2. The lowest BCUT2D eigenvalue weighted by Crippen LogP contribution is -1.90. The van der Waals surface area contributed by atoms with E-state index in [0.717, 1.165) is 11.4 Å². The SMILES string of the molecule is CCSn1c(-c2ccccc2)cn2nccc12. The van der Waals surface area contributed by atoms with Gasteiger partial charge in [-0.1, -0.05) is 37.3 Å². The Morgan fingerprint density at radius 3 is 2.76 bits per heavy atom. The van der Waals surface area contributed by atoms with Crippen LogP contribution in [0.4, 0.5) is 0 Å². The Bertz CT molecular complexity index is 624. The van der Waals surface area contributed by atoms with Gasteiger partial charge in [0.25, 0.3) is 0 Å². The quantitative estimate of drug-likeness (QED) is 0.704. The predicted octanol–water partition coefficient (Wildman–Crippen LogP) is 3.32. The number of imidazole rings is 1. The minimum Gasteiger partial charge on any atom is -0.266 e. The van der Waals surface area contributed by atoms with Gasteiger partial charge in [-0.15, -0.1) is 0 Å². The Morgan fingerprint density at radius 1 is 1.18 bits per heavy atom. The molecular weight excluding hydrogens is 230 g/mol. The standard InChI is InChI=1S/C13H13N3S/c1-2-17-16-12(11-6-4-3-5-7-11)10-15-13(16)8-9-14-15/h3-10H,2H2,1H3. The van der Waals surface area contributed by atoms with E-state index >= 15 is 0 Å². The van der Waals surface area contributed by atoms with Crippen molar-refractivity contribution < 1.29 is 0 Å². The van der Waals surface area contributed by atoms with Gasteiger partial charge >= 0.3 is 0 Å². The third-order valence-corrected chi connectivity index (χ3v) is 3.55. The van der Waals surface area contributed by atoms with Crippen molar-refractivity contribution in [2.24, 2.45) is 0 Å². The number of hydrogen-bond donors (Lipinski definition) is 0. The second-order valence-corrected chi connectivity index (χ2v) is 4.93. The summed E-state index contributed by atoms with van der Waals surface area (Å²) in [4.78, 5) is 0. The van der Waals surface area contributed by atoms with Crippen LogP contribution in [0.15, 0.2) is 48.8 Å². The van der Waals surface area contributed by atoms with E-state index < -0.39 is 0 Å². The van der Waals surface area contributed by atoms with Gasteiger partial charge in [-0.25, -0.2) is 4.52 Å². The molecule has 0 atom stereocenters. The maximum absolute atomic E-state index is 4.29. The first-order valence-electron chi connectivity index (χ1n) is 5.64. The molecule has 0 fully saturated rings. The Balaban J connectivity index is 2.21. The highest BCUT2D eigenvalue weighted by Crippen LogP contribution is 2.27. The first-order valence-corrected chi connectivity index (χ1v) is 6.58. The van der Waals surface area contributed by atoms with Gasteiger partial charge in [-0.3, -0.25) is 3.97 Å². The summed E-state index contributed by atoms with van der Waals surface area (Å²) in [6, 6.07) is 12.4. The van der Waals surface area contributed by atoms with Crippen molar-refractivity contribution in [1.82, 2.24) is 13.6 Å². The number of fused-ring (bicyclic) bond motifs is 1. The van der Waals surface area contributed by atoms with Gasteiger partial charge in [0.1, 0.15) is 5.65 Å². The topological polar surface area (TPSA) is 22.2 Å². The van der Waals surface area contributed by atoms with Gasteiger partial charge in [0.2, 0.25) is 0 Å². The molecule has 0 bridgehead atoms. The lowest BCUT2D eigenvalue weighted by atomic mass is 10.2. The van der Waals surface area contributed by atoms with Crippen LogP contribution in [0.1, 0.15) is 6.92 Å². The Kier molecular flexibility index (Phi) is 2.65. The van der Waals surface area contributed by atoms with Crippen LogP contribution in [0.2, 0.25) is 0 Å². The first-order chi connectivity index (χ1) is 8.40. The second-order valence-electron chi connectivity index (χ2n) is 3.73. The van der Waals surface area contributed by atoms with Gasteiger partial charge in [0.05, 0.1) is 18.1 Å². The molecule has 0 N–H and O–H groups in total. The molecule has 2 aromatic heterocycles. The fraction of sp³-hybridized carbons (Fsp3) is 0.154. The molecule has 4 heteroatoms. The summed E-state index contributed by atoms with van der Waals surface area (Å²) in [7, 11) is 0. The van der Waals surface area contributed by atoms with E-state index in [4.69, 9.17) is 0 Å². The molecule has 0 aliphatic rings. The molecule has 3 nitrogen and oxygen atoms in total. The summed E-state index contributed by atoms with van der Waals surface area (Å²) in [5.41, 5.74) is 3.54. The minimum atomic E-state index is 1.04. The fourth-order valence-electron chi connectivity index (χ4n) is 1.92. The molecular formula is C13H13N3S.